The molecule has 0 amide bonds. The molecule has 0 aliphatic heterocycles. The maximum atomic E-state index is 12.6. The molecule has 0 heterocycles. The van der Waals surface area contributed by atoms with Gasteiger partial charge in [-0.1, -0.05) is 139 Å². The Morgan fingerprint density at radius 3 is 1.61 bits per heavy atom. The molecule has 0 radical (unpaired) electrons. The van der Waals surface area contributed by atoms with Crippen LogP contribution < -0.4 is 4.89 Å². The lowest BCUT2D eigenvalue weighted by Crippen LogP contribution is -2.37. The number of esters is 2. The largest absolute Gasteiger partial charge is 0.756 e. The van der Waals surface area contributed by atoms with Gasteiger partial charge in [0.2, 0.25) is 0 Å². The summed E-state index contributed by atoms with van der Waals surface area (Å²) in [6.07, 6.45) is 40.3. The van der Waals surface area contributed by atoms with Crippen LogP contribution in [0.2, 0.25) is 0 Å². The molecule has 0 aliphatic carbocycles. The summed E-state index contributed by atoms with van der Waals surface area (Å²) in [6.45, 7) is 5.60. The van der Waals surface area contributed by atoms with Gasteiger partial charge in [0.15, 0.2) is 6.10 Å². The number of ether oxygens (including phenoxy) is 2. The van der Waals surface area contributed by atoms with Crippen molar-refractivity contribution in [3.63, 3.8) is 0 Å². The third-order valence-electron chi connectivity index (χ3n) is 8.98. The molecule has 0 N–H and O–H groups in total. The lowest BCUT2D eigenvalue weighted by atomic mass is 10.0. The Hall–Kier alpha value is -2.03. The lowest BCUT2D eigenvalue weighted by Gasteiger charge is -2.28. The van der Waals surface area contributed by atoms with E-state index in [2.05, 4.69) is 50.0 Å². The third kappa shape index (κ3) is 39.7. The maximum Gasteiger partial charge on any atom is 0.306 e. The van der Waals surface area contributed by atoms with Crippen LogP contribution in [0.1, 0.15) is 167 Å². The Bertz CT molecular complexity index is 1050. The molecule has 0 saturated carbocycles. The van der Waals surface area contributed by atoms with Crippen molar-refractivity contribution in [2.24, 2.45) is 0 Å². The van der Waals surface area contributed by atoms with Gasteiger partial charge in [-0.05, 0) is 57.8 Å². The molecular formula is C44H80NO8P. The van der Waals surface area contributed by atoms with Crippen LogP contribution in [-0.4, -0.2) is 70.0 Å². The minimum absolute atomic E-state index is 0.0362. The topological polar surface area (TPSA) is 111 Å². The number of nitrogens with zero attached hydrogens (tertiary/aromatic N) is 1. The lowest BCUT2D eigenvalue weighted by molar-refractivity contribution is -0.870. The minimum Gasteiger partial charge on any atom is -0.756 e. The first-order chi connectivity index (χ1) is 26.0. The molecule has 0 fully saturated rings. The molecule has 0 spiro atoms. The fourth-order valence-electron chi connectivity index (χ4n) is 5.65. The summed E-state index contributed by atoms with van der Waals surface area (Å²) in [5.74, 6) is -0.858. The first-order valence-electron chi connectivity index (χ1n) is 21.3. The average molecular weight is 782 g/mol. The minimum atomic E-state index is -4.63. The maximum absolute atomic E-state index is 12.6. The summed E-state index contributed by atoms with van der Waals surface area (Å²) in [5.41, 5.74) is 0. The molecule has 314 valence electrons. The van der Waals surface area contributed by atoms with E-state index in [1.54, 1.807) is 0 Å². The van der Waals surface area contributed by atoms with Crippen LogP contribution >= 0.6 is 7.82 Å². The van der Waals surface area contributed by atoms with Gasteiger partial charge in [-0.2, -0.15) is 0 Å². The van der Waals surface area contributed by atoms with Crippen molar-refractivity contribution < 1.29 is 42.1 Å². The highest BCUT2D eigenvalue weighted by Gasteiger charge is 2.21. The number of phosphoric ester groups is 1. The summed E-state index contributed by atoms with van der Waals surface area (Å²) in [7, 11) is 1.15. The fraction of sp³-hybridized carbons (Fsp3) is 0.773. The summed E-state index contributed by atoms with van der Waals surface area (Å²) in [4.78, 5) is 37.5. The van der Waals surface area contributed by atoms with Gasteiger partial charge in [0.05, 0.1) is 27.7 Å². The molecule has 0 aromatic heterocycles. The molecule has 54 heavy (non-hydrogen) atoms. The van der Waals surface area contributed by atoms with E-state index in [0.717, 1.165) is 77.0 Å². The molecular weight excluding hydrogens is 701 g/mol. The van der Waals surface area contributed by atoms with Crippen LogP contribution in [-0.2, 0) is 32.7 Å². The second-order valence-corrected chi connectivity index (χ2v) is 16.8. The molecule has 0 rings (SSSR count). The monoisotopic (exact) mass is 782 g/mol. The van der Waals surface area contributed by atoms with Gasteiger partial charge in [-0.15, -0.1) is 6.58 Å². The van der Waals surface area contributed by atoms with Crippen molar-refractivity contribution in [2.45, 2.75) is 174 Å². The molecule has 0 saturated heterocycles. The van der Waals surface area contributed by atoms with Gasteiger partial charge < -0.3 is 27.9 Å². The Morgan fingerprint density at radius 2 is 1.09 bits per heavy atom. The van der Waals surface area contributed by atoms with Crippen LogP contribution in [0.3, 0.4) is 0 Å². The highest BCUT2D eigenvalue weighted by molar-refractivity contribution is 7.45. The molecule has 0 aromatic rings. The number of allylic oxidation sites excluding steroid dienone is 7. The Labute approximate surface area is 331 Å². The van der Waals surface area contributed by atoms with Crippen molar-refractivity contribution in [3.05, 3.63) is 49.1 Å². The quantitative estimate of drug-likeness (QED) is 0.0199. The van der Waals surface area contributed by atoms with Crippen molar-refractivity contribution in [3.8, 4) is 0 Å². The van der Waals surface area contributed by atoms with Gasteiger partial charge in [-0.25, -0.2) is 0 Å². The van der Waals surface area contributed by atoms with Gasteiger partial charge in [0.25, 0.3) is 7.82 Å². The summed E-state index contributed by atoms with van der Waals surface area (Å²) in [5, 5.41) is 0. The van der Waals surface area contributed by atoms with Gasteiger partial charge in [-0.3, -0.25) is 14.2 Å². The number of carbonyl (C=O) groups excluding carboxylic acids is 2. The van der Waals surface area contributed by atoms with Gasteiger partial charge in [0, 0.05) is 12.8 Å². The van der Waals surface area contributed by atoms with E-state index in [1.165, 1.54) is 64.2 Å². The number of hydrogen-bond donors (Lipinski definition) is 0. The number of hydrogen-bond acceptors (Lipinski definition) is 8. The van der Waals surface area contributed by atoms with Crippen LogP contribution in [0.5, 0.6) is 0 Å². The smallest absolute Gasteiger partial charge is 0.306 e. The number of rotatable bonds is 39. The van der Waals surface area contributed by atoms with E-state index >= 15 is 0 Å². The summed E-state index contributed by atoms with van der Waals surface area (Å²) < 4.78 is 33.8. The SMILES string of the molecule is C=CCCCCCCCCCCCCCCCC(=O)OC[C@H](COP(=O)([O-])OCC[N+](C)(C)C)OC(=O)CCCCCCC/C=C/C/C=C/C/C=C/CC. The zero-order valence-electron chi connectivity index (χ0n) is 35.0. The van der Waals surface area contributed by atoms with Crippen molar-refractivity contribution in [1.82, 2.24) is 0 Å². The Balaban J connectivity index is 4.38. The molecule has 9 nitrogen and oxygen atoms in total. The van der Waals surface area contributed by atoms with Crippen LogP contribution in [0, 0.1) is 0 Å². The van der Waals surface area contributed by atoms with E-state index in [0.29, 0.717) is 17.4 Å². The van der Waals surface area contributed by atoms with E-state index in [1.807, 2.05) is 27.2 Å². The number of unbranched alkanes of at least 4 members (excludes halogenated alkanes) is 18. The zero-order valence-corrected chi connectivity index (χ0v) is 35.9. The fourth-order valence-corrected chi connectivity index (χ4v) is 6.38. The second kappa shape index (κ2) is 36.6. The highest BCUT2D eigenvalue weighted by Crippen LogP contribution is 2.38. The predicted octanol–water partition coefficient (Wildman–Crippen LogP) is 11.3. The highest BCUT2D eigenvalue weighted by atomic mass is 31.2. The van der Waals surface area contributed by atoms with E-state index in [-0.39, 0.29) is 26.1 Å². The zero-order chi connectivity index (χ0) is 40.0. The summed E-state index contributed by atoms with van der Waals surface area (Å²) in [6, 6.07) is 0. The molecule has 0 aliphatic rings. The normalized spacial score (nSPS) is 13.9. The number of carbonyl (C=O) groups is 2. The predicted molar refractivity (Wildman–Crippen MR) is 222 cm³/mol. The number of likely N-dealkylation sites (N-methyl/N-ethyl adjacent to an activating group) is 1. The van der Waals surface area contributed by atoms with Crippen molar-refractivity contribution >= 4 is 19.8 Å². The standard InChI is InChI=1S/C44H80NO8P/c1-6-8-10-12-14-16-18-20-22-24-26-28-30-32-34-36-43(46)50-40-42(41-52-54(48,49)51-39-38-45(3,4)5)53-44(47)37-35-33-31-29-27-25-23-21-19-17-15-13-11-9-7-2/h6,9,11,15,17,21,23,42H,1,7-8,10,12-14,16,18-20,22,24-41H2,2-5H3/b11-9+,17-15+,23-21+/t42-/m1/s1. The molecule has 1 unspecified atom stereocenters. The third-order valence-corrected chi connectivity index (χ3v) is 9.94. The number of phosphoric acid groups is 1. The Kier molecular flexibility index (Phi) is 35.2. The van der Waals surface area contributed by atoms with Crippen LogP contribution in [0.4, 0.5) is 0 Å². The van der Waals surface area contributed by atoms with Crippen LogP contribution in [0.25, 0.3) is 0 Å². The van der Waals surface area contributed by atoms with E-state index < -0.39 is 32.5 Å². The molecule has 10 heteroatoms. The van der Waals surface area contributed by atoms with Crippen molar-refractivity contribution in [1.29, 1.82) is 0 Å². The van der Waals surface area contributed by atoms with Crippen LogP contribution in [0.15, 0.2) is 49.1 Å². The molecule has 0 aromatic carbocycles. The number of quaternary nitrogens is 1. The first-order valence-corrected chi connectivity index (χ1v) is 22.8. The first kappa shape index (κ1) is 52.0. The van der Waals surface area contributed by atoms with Gasteiger partial charge in [0.1, 0.15) is 19.8 Å². The van der Waals surface area contributed by atoms with Crippen molar-refractivity contribution in [2.75, 3.05) is 47.5 Å². The molecule has 0 bridgehead atoms. The van der Waals surface area contributed by atoms with E-state index in [4.69, 9.17) is 18.5 Å². The molecule has 2 atom stereocenters. The second-order valence-electron chi connectivity index (χ2n) is 15.4. The summed E-state index contributed by atoms with van der Waals surface area (Å²) >= 11 is 0. The van der Waals surface area contributed by atoms with E-state index in [9.17, 15) is 19.0 Å². The Morgan fingerprint density at radius 1 is 0.630 bits per heavy atom. The van der Waals surface area contributed by atoms with Gasteiger partial charge >= 0.3 is 11.9 Å². The average Bonchev–Trinajstić information content (AvgIpc) is 3.12.